The van der Waals surface area contributed by atoms with Crippen LogP contribution < -0.4 is 5.32 Å². The highest BCUT2D eigenvalue weighted by Crippen LogP contribution is 2.41. The normalized spacial score (nSPS) is 23.6. The molecule has 1 spiro atoms. The minimum Gasteiger partial charge on any atom is -0.392 e. The molecule has 6 nitrogen and oxygen atoms in total. The number of hydrogen-bond donors (Lipinski definition) is 2. The molecule has 1 saturated heterocycles. The zero-order valence-corrected chi connectivity index (χ0v) is 12.6. The van der Waals surface area contributed by atoms with Gasteiger partial charge < -0.3 is 15.2 Å². The lowest BCUT2D eigenvalue weighted by atomic mass is 9.88. The fraction of sp³-hybridized carbons (Fsp3) is 0.625. The molecular formula is C16H22N2O4. The van der Waals surface area contributed by atoms with E-state index in [1.165, 1.54) is 18.9 Å². The molecule has 120 valence electrons. The Labute approximate surface area is 129 Å². The zero-order chi connectivity index (χ0) is 15.6. The van der Waals surface area contributed by atoms with E-state index < -0.39 is 0 Å². The van der Waals surface area contributed by atoms with Crippen LogP contribution in [-0.4, -0.2) is 28.3 Å². The number of nitrogens with one attached hydrogen (secondary N) is 1. The van der Waals surface area contributed by atoms with Gasteiger partial charge >= 0.3 is 0 Å². The van der Waals surface area contributed by atoms with Crippen LogP contribution in [0.3, 0.4) is 0 Å². The van der Waals surface area contributed by atoms with Gasteiger partial charge in [0.2, 0.25) is 0 Å². The average Bonchev–Trinajstić information content (AvgIpc) is 2.94. The van der Waals surface area contributed by atoms with Gasteiger partial charge in [-0.3, -0.25) is 10.1 Å². The van der Waals surface area contributed by atoms with Gasteiger partial charge in [0.1, 0.15) is 5.69 Å². The second-order valence-electron chi connectivity index (χ2n) is 6.34. The Balaban J connectivity index is 1.78. The van der Waals surface area contributed by atoms with Crippen molar-refractivity contribution in [2.45, 2.75) is 56.8 Å². The summed E-state index contributed by atoms with van der Waals surface area (Å²) in [6.45, 7) is 0.579. The molecule has 22 heavy (non-hydrogen) atoms. The smallest absolute Gasteiger partial charge is 0.292 e. The van der Waals surface area contributed by atoms with E-state index in [1.54, 1.807) is 12.1 Å². The van der Waals surface area contributed by atoms with Crippen molar-refractivity contribution in [1.82, 2.24) is 0 Å². The molecular weight excluding hydrogens is 284 g/mol. The van der Waals surface area contributed by atoms with E-state index >= 15 is 0 Å². The highest BCUT2D eigenvalue weighted by atomic mass is 16.6. The molecule has 0 aromatic heterocycles. The molecule has 6 heteroatoms. The van der Waals surface area contributed by atoms with Crippen LogP contribution in [0.2, 0.25) is 0 Å². The van der Waals surface area contributed by atoms with E-state index in [9.17, 15) is 15.2 Å². The maximum atomic E-state index is 11.2. The predicted molar refractivity (Wildman–Crippen MR) is 82.8 cm³/mol. The van der Waals surface area contributed by atoms with Gasteiger partial charge in [0, 0.05) is 18.7 Å². The Kier molecular flexibility index (Phi) is 4.31. The lowest BCUT2D eigenvalue weighted by Crippen LogP contribution is -2.42. The van der Waals surface area contributed by atoms with Crippen molar-refractivity contribution in [3.8, 4) is 0 Å². The third kappa shape index (κ3) is 3.08. The first kappa shape index (κ1) is 15.2. The number of hydrogen-bond acceptors (Lipinski definition) is 5. The third-order valence-corrected chi connectivity index (χ3v) is 4.81. The molecule has 2 aliphatic rings. The number of rotatable bonds is 4. The first-order valence-corrected chi connectivity index (χ1v) is 7.91. The van der Waals surface area contributed by atoms with Crippen molar-refractivity contribution in [2.75, 3.05) is 11.9 Å². The summed E-state index contributed by atoms with van der Waals surface area (Å²) >= 11 is 0. The van der Waals surface area contributed by atoms with Crippen molar-refractivity contribution in [3.63, 3.8) is 0 Å². The van der Waals surface area contributed by atoms with E-state index in [0.29, 0.717) is 17.9 Å². The molecule has 1 aromatic rings. The first-order valence-electron chi connectivity index (χ1n) is 7.91. The molecule has 2 fully saturated rings. The second-order valence-corrected chi connectivity index (χ2v) is 6.34. The Morgan fingerprint density at radius 3 is 2.86 bits per heavy atom. The Hall–Kier alpha value is -1.66. The van der Waals surface area contributed by atoms with Crippen LogP contribution in [0.1, 0.15) is 44.1 Å². The average molecular weight is 306 g/mol. The number of anilines is 1. The summed E-state index contributed by atoms with van der Waals surface area (Å²) in [5.74, 6) is 0. The molecule has 0 radical (unpaired) electrons. The molecule has 1 atom stereocenters. The van der Waals surface area contributed by atoms with Crippen molar-refractivity contribution in [3.05, 3.63) is 33.9 Å². The fourth-order valence-corrected chi connectivity index (χ4v) is 3.70. The molecule has 1 aliphatic carbocycles. The summed E-state index contributed by atoms with van der Waals surface area (Å²) in [4.78, 5) is 10.8. The highest BCUT2D eigenvalue weighted by molar-refractivity contribution is 5.63. The number of ether oxygens (including phenoxy) is 1. The number of nitro benzene ring substituents is 1. The van der Waals surface area contributed by atoms with Crippen molar-refractivity contribution >= 4 is 11.4 Å². The van der Waals surface area contributed by atoms with Crippen LogP contribution in [0.5, 0.6) is 0 Å². The van der Waals surface area contributed by atoms with Gasteiger partial charge in [-0.05, 0) is 43.4 Å². The molecule has 0 bridgehead atoms. The van der Waals surface area contributed by atoms with Crippen molar-refractivity contribution in [2.24, 2.45) is 0 Å². The van der Waals surface area contributed by atoms with Gasteiger partial charge in [0.25, 0.3) is 5.69 Å². The molecule has 2 N–H and O–H groups in total. The Morgan fingerprint density at radius 1 is 1.41 bits per heavy atom. The number of benzene rings is 1. The number of aliphatic hydroxyl groups excluding tert-OH is 1. The van der Waals surface area contributed by atoms with Crippen LogP contribution in [-0.2, 0) is 11.3 Å². The topological polar surface area (TPSA) is 84.6 Å². The van der Waals surface area contributed by atoms with E-state index in [2.05, 4.69) is 5.32 Å². The summed E-state index contributed by atoms with van der Waals surface area (Å²) in [7, 11) is 0. The molecule has 0 amide bonds. The Morgan fingerprint density at radius 2 is 2.18 bits per heavy atom. The van der Waals surface area contributed by atoms with E-state index in [0.717, 1.165) is 25.7 Å². The van der Waals surface area contributed by atoms with E-state index in [-0.39, 0.29) is 28.9 Å². The van der Waals surface area contributed by atoms with Crippen LogP contribution in [0, 0.1) is 10.1 Å². The largest absolute Gasteiger partial charge is 0.392 e. The summed E-state index contributed by atoms with van der Waals surface area (Å²) < 4.78 is 6.00. The van der Waals surface area contributed by atoms with Crippen LogP contribution in [0.4, 0.5) is 11.4 Å². The summed E-state index contributed by atoms with van der Waals surface area (Å²) in [5.41, 5.74) is 1.20. The summed E-state index contributed by atoms with van der Waals surface area (Å²) in [6, 6.07) is 4.90. The van der Waals surface area contributed by atoms with E-state index in [1.807, 2.05) is 0 Å². The number of nitro groups is 1. The summed E-state index contributed by atoms with van der Waals surface area (Å²) in [6.07, 6.45) is 6.32. The van der Waals surface area contributed by atoms with Crippen molar-refractivity contribution < 1.29 is 14.8 Å². The molecule has 3 rings (SSSR count). The van der Waals surface area contributed by atoms with E-state index in [4.69, 9.17) is 4.74 Å². The van der Waals surface area contributed by atoms with Gasteiger partial charge in [0.15, 0.2) is 0 Å². The maximum Gasteiger partial charge on any atom is 0.292 e. The molecule has 1 aliphatic heterocycles. The van der Waals surface area contributed by atoms with Gasteiger partial charge in [-0.1, -0.05) is 12.8 Å². The first-order chi connectivity index (χ1) is 10.6. The lowest BCUT2D eigenvalue weighted by Gasteiger charge is -2.38. The quantitative estimate of drug-likeness (QED) is 0.660. The minimum absolute atomic E-state index is 0.0285. The SMILES string of the molecule is O=[N+]([O-])c1ccc(CO)cc1NC1CCOC2(CCCC2)C1. The third-order valence-electron chi connectivity index (χ3n) is 4.81. The second kappa shape index (κ2) is 6.22. The minimum atomic E-state index is -0.381. The fourth-order valence-electron chi connectivity index (χ4n) is 3.70. The van der Waals surface area contributed by atoms with Crippen molar-refractivity contribution in [1.29, 1.82) is 0 Å². The van der Waals surface area contributed by atoms with Crippen LogP contribution >= 0.6 is 0 Å². The molecule has 1 unspecified atom stereocenters. The van der Waals surface area contributed by atoms with Gasteiger partial charge in [-0.2, -0.15) is 0 Å². The van der Waals surface area contributed by atoms with Gasteiger partial charge in [-0.15, -0.1) is 0 Å². The van der Waals surface area contributed by atoms with Gasteiger partial charge in [-0.25, -0.2) is 0 Å². The monoisotopic (exact) mass is 306 g/mol. The highest BCUT2D eigenvalue weighted by Gasteiger charge is 2.40. The summed E-state index contributed by atoms with van der Waals surface area (Å²) in [5, 5.41) is 23.8. The zero-order valence-electron chi connectivity index (χ0n) is 12.6. The molecule has 1 saturated carbocycles. The molecule has 1 aromatic carbocycles. The standard InChI is InChI=1S/C16H22N2O4/c19-11-12-3-4-15(18(20)21)14(9-12)17-13-5-8-22-16(10-13)6-1-2-7-16/h3-4,9,13,17,19H,1-2,5-8,10-11H2. The number of nitrogens with zero attached hydrogens (tertiary/aromatic N) is 1. The predicted octanol–water partition coefficient (Wildman–Crippen LogP) is 2.99. The molecule has 1 heterocycles. The van der Waals surface area contributed by atoms with Crippen LogP contribution in [0.15, 0.2) is 18.2 Å². The van der Waals surface area contributed by atoms with Crippen LogP contribution in [0.25, 0.3) is 0 Å². The van der Waals surface area contributed by atoms with Gasteiger partial charge in [0.05, 0.1) is 17.1 Å². The lowest BCUT2D eigenvalue weighted by molar-refractivity contribution is -0.384. The Bertz CT molecular complexity index is 555. The number of aliphatic hydroxyl groups is 1. The maximum absolute atomic E-state index is 11.2.